The molecule has 4 nitrogen and oxygen atoms in total. The van der Waals surface area contributed by atoms with E-state index >= 15 is 0 Å². The minimum atomic E-state index is 0.0213. The van der Waals surface area contributed by atoms with Crippen molar-refractivity contribution in [1.82, 2.24) is 4.90 Å². The zero-order valence-electron chi connectivity index (χ0n) is 15.9. The van der Waals surface area contributed by atoms with Gasteiger partial charge in [0, 0.05) is 18.3 Å². The van der Waals surface area contributed by atoms with Crippen LogP contribution in [0.15, 0.2) is 47.4 Å². The van der Waals surface area contributed by atoms with E-state index in [1.165, 1.54) is 13.0 Å². The first-order chi connectivity index (χ1) is 13.1. The van der Waals surface area contributed by atoms with Crippen LogP contribution in [0.25, 0.3) is 0 Å². The van der Waals surface area contributed by atoms with Crippen LogP contribution in [-0.4, -0.2) is 41.5 Å². The third-order valence-electron chi connectivity index (χ3n) is 5.76. The number of hydrogen-bond donors (Lipinski definition) is 1. The molecule has 144 valence electrons. The van der Waals surface area contributed by atoms with Crippen LogP contribution < -0.4 is 9.47 Å². The Morgan fingerprint density at radius 3 is 2.74 bits per heavy atom. The zero-order chi connectivity index (χ0) is 18.8. The number of rotatable bonds is 5. The van der Waals surface area contributed by atoms with Crippen molar-refractivity contribution in [2.45, 2.75) is 37.3 Å². The van der Waals surface area contributed by atoms with E-state index < -0.39 is 0 Å². The smallest absolute Gasteiger partial charge is 0.134 e. The van der Waals surface area contributed by atoms with Crippen LogP contribution in [-0.2, 0) is 0 Å². The highest BCUT2D eigenvalue weighted by Crippen LogP contribution is 2.42. The Hall–Kier alpha value is -1.85. The third kappa shape index (κ3) is 4.19. The second-order valence-electron chi connectivity index (χ2n) is 7.51. The molecule has 0 aromatic heterocycles. The summed E-state index contributed by atoms with van der Waals surface area (Å²) in [5.74, 6) is 3.65. The Kier molecular flexibility index (Phi) is 5.50. The van der Waals surface area contributed by atoms with Gasteiger partial charge in [-0.05, 0) is 61.7 Å². The second-order valence-corrected chi connectivity index (χ2v) is 8.57. The number of ether oxygens (including phenoxy) is 2. The molecule has 0 bridgehead atoms. The lowest BCUT2D eigenvalue weighted by Gasteiger charge is -2.26. The number of likely N-dealkylation sites (tertiary alicyclic amines) is 1. The van der Waals surface area contributed by atoms with Crippen LogP contribution in [0.3, 0.4) is 0 Å². The summed E-state index contributed by atoms with van der Waals surface area (Å²) in [5.41, 5.74) is 1.15. The van der Waals surface area contributed by atoms with Gasteiger partial charge in [0.1, 0.15) is 30.0 Å². The molecule has 1 fully saturated rings. The van der Waals surface area contributed by atoms with E-state index in [-0.39, 0.29) is 11.9 Å². The minimum absolute atomic E-state index is 0.0213. The average molecular weight is 386 g/mol. The predicted octanol–water partition coefficient (Wildman–Crippen LogP) is 4.73. The van der Waals surface area contributed by atoms with Gasteiger partial charge in [0.05, 0.1) is 4.90 Å². The number of benzene rings is 2. The predicted molar refractivity (Wildman–Crippen MR) is 109 cm³/mol. The molecule has 0 spiro atoms. The molecule has 0 radical (unpaired) electrons. The zero-order valence-corrected chi connectivity index (χ0v) is 16.7. The first kappa shape index (κ1) is 18.5. The van der Waals surface area contributed by atoms with Gasteiger partial charge in [-0.15, -0.1) is 11.8 Å². The van der Waals surface area contributed by atoms with E-state index in [1.54, 1.807) is 23.9 Å². The van der Waals surface area contributed by atoms with Gasteiger partial charge in [0.2, 0.25) is 0 Å². The van der Waals surface area contributed by atoms with Crippen LogP contribution >= 0.6 is 11.8 Å². The van der Waals surface area contributed by atoms with Crippen LogP contribution in [0.5, 0.6) is 17.2 Å². The van der Waals surface area contributed by atoms with Gasteiger partial charge in [-0.2, -0.15) is 0 Å². The molecule has 0 saturated carbocycles. The van der Waals surface area contributed by atoms with Crippen molar-refractivity contribution >= 4 is 11.8 Å². The van der Waals surface area contributed by atoms with Gasteiger partial charge in [0.25, 0.3) is 0 Å². The van der Waals surface area contributed by atoms with Crippen LogP contribution in [0.4, 0.5) is 0 Å². The van der Waals surface area contributed by atoms with E-state index in [4.69, 9.17) is 9.47 Å². The number of hydrogen-bond acceptors (Lipinski definition) is 5. The van der Waals surface area contributed by atoms with Gasteiger partial charge in [-0.25, -0.2) is 0 Å². The molecule has 2 aromatic carbocycles. The summed E-state index contributed by atoms with van der Waals surface area (Å²) in [5, 5.41) is 9.58. The fraction of sp³-hybridized carbons (Fsp3) is 0.455. The van der Waals surface area contributed by atoms with Crippen molar-refractivity contribution < 1.29 is 14.6 Å². The van der Waals surface area contributed by atoms with E-state index in [2.05, 4.69) is 30.9 Å². The lowest BCUT2D eigenvalue weighted by Crippen LogP contribution is -2.33. The molecule has 1 saturated heterocycles. The largest absolute Gasteiger partial charge is 0.508 e. The van der Waals surface area contributed by atoms with Crippen molar-refractivity contribution in [3.63, 3.8) is 0 Å². The minimum Gasteiger partial charge on any atom is -0.508 e. The Morgan fingerprint density at radius 1 is 1.19 bits per heavy atom. The first-order valence-corrected chi connectivity index (χ1v) is 10.7. The van der Waals surface area contributed by atoms with Gasteiger partial charge in [-0.3, -0.25) is 4.90 Å². The summed E-state index contributed by atoms with van der Waals surface area (Å²) in [4.78, 5) is 3.51. The molecule has 27 heavy (non-hydrogen) atoms. The fourth-order valence-corrected chi connectivity index (χ4v) is 4.83. The summed E-state index contributed by atoms with van der Waals surface area (Å²) < 4.78 is 12.1. The van der Waals surface area contributed by atoms with Gasteiger partial charge < -0.3 is 14.6 Å². The molecule has 4 rings (SSSR count). The monoisotopic (exact) mass is 385 g/mol. The topological polar surface area (TPSA) is 41.9 Å². The lowest BCUT2D eigenvalue weighted by molar-refractivity contribution is 0.193. The Balaban J connectivity index is 1.31. The lowest BCUT2D eigenvalue weighted by atomic mass is 10.1. The third-order valence-corrected chi connectivity index (χ3v) is 6.86. The Bertz CT molecular complexity index is 780. The quantitative estimate of drug-likeness (QED) is 0.806. The molecule has 2 aromatic rings. The summed E-state index contributed by atoms with van der Waals surface area (Å²) >= 11 is 1.72. The Morgan fingerprint density at radius 2 is 2.00 bits per heavy atom. The number of fused-ring (bicyclic) bond motifs is 1. The van der Waals surface area contributed by atoms with Crippen LogP contribution in [0.1, 0.15) is 31.9 Å². The molecule has 2 heterocycles. The number of thioether (sulfide) groups is 1. The molecule has 0 aliphatic carbocycles. The highest BCUT2D eigenvalue weighted by atomic mass is 32.2. The molecule has 0 amide bonds. The van der Waals surface area contributed by atoms with Crippen molar-refractivity contribution in [3.8, 4) is 17.2 Å². The standard InChI is InChI=1S/C22H27NO3S/c1-15-9-10-23(16(15)2)11-12-25-19-6-3-17(4-7-19)21-14-27-22-13-18(24)5-8-20(22)26-21/h3-8,13,15-16,21,24H,9-12,14H2,1-2H3/t15-,16+,21+/m0/s1. The summed E-state index contributed by atoms with van der Waals surface area (Å²) in [7, 11) is 0. The van der Waals surface area contributed by atoms with Gasteiger partial charge in [0.15, 0.2) is 0 Å². The van der Waals surface area contributed by atoms with Crippen molar-refractivity contribution in [2.24, 2.45) is 5.92 Å². The maximum Gasteiger partial charge on any atom is 0.134 e. The number of phenolic OH excluding ortho intramolecular Hbond substituents is 1. The maximum atomic E-state index is 9.58. The highest BCUT2D eigenvalue weighted by Gasteiger charge is 2.26. The Labute approximate surface area is 165 Å². The summed E-state index contributed by atoms with van der Waals surface area (Å²) in [6, 6.07) is 14.2. The number of aromatic hydroxyl groups is 1. The number of nitrogens with zero attached hydrogens (tertiary/aromatic N) is 1. The van der Waals surface area contributed by atoms with E-state index in [0.717, 1.165) is 46.8 Å². The van der Waals surface area contributed by atoms with Gasteiger partial charge >= 0.3 is 0 Å². The molecule has 1 N–H and O–H groups in total. The average Bonchev–Trinajstić information content (AvgIpc) is 3.00. The SMILES string of the molecule is C[C@@H]1[C@@H](C)CCN1CCOc1ccc([C@H]2CSc3cc(O)ccc3O2)cc1. The molecular weight excluding hydrogens is 358 g/mol. The molecule has 2 aliphatic rings. The molecule has 0 unspecified atom stereocenters. The van der Waals surface area contributed by atoms with Crippen LogP contribution in [0.2, 0.25) is 0 Å². The molecule has 2 aliphatic heterocycles. The molecule has 5 heteroatoms. The van der Waals surface area contributed by atoms with Crippen molar-refractivity contribution in [1.29, 1.82) is 0 Å². The highest BCUT2D eigenvalue weighted by molar-refractivity contribution is 7.99. The summed E-state index contributed by atoms with van der Waals surface area (Å²) in [6.45, 7) is 7.54. The molecular formula is C22H27NO3S. The maximum absolute atomic E-state index is 9.58. The van der Waals surface area contributed by atoms with E-state index in [0.29, 0.717) is 6.04 Å². The van der Waals surface area contributed by atoms with Crippen molar-refractivity contribution in [3.05, 3.63) is 48.0 Å². The van der Waals surface area contributed by atoms with Crippen molar-refractivity contribution in [2.75, 3.05) is 25.4 Å². The summed E-state index contributed by atoms with van der Waals surface area (Å²) in [6.07, 6.45) is 1.31. The van der Waals surface area contributed by atoms with E-state index in [9.17, 15) is 5.11 Å². The number of phenols is 1. The normalized spacial score (nSPS) is 25.0. The first-order valence-electron chi connectivity index (χ1n) is 9.69. The second kappa shape index (κ2) is 8.03. The van der Waals surface area contributed by atoms with Crippen LogP contribution in [0, 0.1) is 5.92 Å². The fourth-order valence-electron chi connectivity index (χ4n) is 3.77. The van der Waals surface area contributed by atoms with Gasteiger partial charge in [-0.1, -0.05) is 19.1 Å². The van der Waals surface area contributed by atoms with E-state index in [1.807, 2.05) is 18.2 Å². The molecule has 3 atom stereocenters.